The molecule has 6 N–H and O–H groups in total. The number of phenols is 2. The molecule has 2 heterocycles. The first-order valence-electron chi connectivity index (χ1n) is 10.7. The molecule has 0 aliphatic carbocycles. The minimum atomic E-state index is -1.66. The van der Waals surface area contributed by atoms with Gasteiger partial charge in [0.15, 0.2) is 17.3 Å². The minimum Gasteiger partial charge on any atom is -0.507 e. The lowest BCUT2D eigenvalue weighted by atomic mass is 9.87. The van der Waals surface area contributed by atoms with E-state index in [-0.39, 0.29) is 40.9 Å². The molecule has 35 heavy (non-hydrogen) atoms. The summed E-state index contributed by atoms with van der Waals surface area (Å²) < 4.78 is 27.1. The number of ketones is 1. The van der Waals surface area contributed by atoms with Crippen LogP contribution in [0.15, 0.2) is 24.3 Å². The Morgan fingerprint density at radius 3 is 2.34 bits per heavy atom. The molecule has 2 aromatic rings. The van der Waals surface area contributed by atoms with Crippen molar-refractivity contribution in [1.82, 2.24) is 0 Å². The molecule has 0 unspecified atom stereocenters. The second-order valence-corrected chi connectivity index (χ2v) is 8.10. The second kappa shape index (κ2) is 9.76. The van der Waals surface area contributed by atoms with Crippen molar-refractivity contribution >= 4 is 5.78 Å². The van der Waals surface area contributed by atoms with Gasteiger partial charge in [0, 0.05) is 17.7 Å². The quantitative estimate of drug-likeness (QED) is 0.307. The number of rotatable bonds is 6. The fourth-order valence-corrected chi connectivity index (χ4v) is 4.21. The first kappa shape index (κ1) is 24.8. The van der Waals surface area contributed by atoms with Gasteiger partial charge in [-0.05, 0) is 6.07 Å². The van der Waals surface area contributed by atoms with Gasteiger partial charge in [0.25, 0.3) is 0 Å². The number of ether oxygens (including phenoxy) is 5. The molecule has 0 spiro atoms. The number of carbonyl (C=O) groups excluding carboxylic acids is 1. The van der Waals surface area contributed by atoms with Gasteiger partial charge in [0.05, 0.1) is 26.7 Å². The first-order chi connectivity index (χ1) is 16.7. The zero-order chi connectivity index (χ0) is 25.4. The van der Waals surface area contributed by atoms with Crippen LogP contribution in [0, 0.1) is 0 Å². The number of hydrogen-bond donors (Lipinski definition) is 6. The number of methoxy groups -OCH3 is 2. The highest BCUT2D eigenvalue weighted by atomic mass is 16.7. The Hall–Kier alpha value is -3.29. The SMILES string of the molecule is COc1c(O)ccc([C@H]2COc3cc(O[C@@H]4O[C@H](CO)[C@@H](O)[C@H](O)[C@H]4O)cc(O)c3C2=O)c1OC. The van der Waals surface area contributed by atoms with E-state index in [0.29, 0.717) is 5.56 Å². The molecule has 6 atom stereocenters. The zero-order valence-corrected chi connectivity index (χ0v) is 18.8. The van der Waals surface area contributed by atoms with Crippen molar-refractivity contribution in [3.05, 3.63) is 35.4 Å². The summed E-state index contributed by atoms with van der Waals surface area (Å²) in [5.41, 5.74) is 0.273. The predicted molar refractivity (Wildman–Crippen MR) is 116 cm³/mol. The van der Waals surface area contributed by atoms with Gasteiger partial charge in [-0.15, -0.1) is 0 Å². The highest BCUT2D eigenvalue weighted by molar-refractivity contribution is 6.07. The molecular weight excluding hydrogens is 468 g/mol. The molecule has 12 nitrogen and oxygen atoms in total. The van der Waals surface area contributed by atoms with Crippen LogP contribution in [0.2, 0.25) is 0 Å². The number of phenolic OH excluding ortho intramolecular Hbond substituents is 2. The molecular formula is C23H26O12. The van der Waals surface area contributed by atoms with Crippen LogP contribution in [0.1, 0.15) is 21.8 Å². The average molecular weight is 494 g/mol. The van der Waals surface area contributed by atoms with E-state index in [1.807, 2.05) is 0 Å². The highest BCUT2D eigenvalue weighted by Crippen LogP contribution is 2.46. The van der Waals surface area contributed by atoms with Crippen LogP contribution in [-0.2, 0) is 4.74 Å². The number of benzene rings is 2. The van der Waals surface area contributed by atoms with Crippen LogP contribution < -0.4 is 18.9 Å². The maximum Gasteiger partial charge on any atom is 0.229 e. The number of aliphatic hydroxyl groups is 4. The molecule has 2 aromatic carbocycles. The van der Waals surface area contributed by atoms with Crippen LogP contribution in [-0.4, -0.2) is 94.6 Å². The van der Waals surface area contributed by atoms with Gasteiger partial charge >= 0.3 is 0 Å². The standard InChI is InChI=1S/C23H26O12/c1-31-21-10(3-4-12(25)22(21)32-2)11-8-33-14-6-9(5-13(26)16(14)17(11)27)34-23-20(30)19(29)18(28)15(7-24)35-23/h3-6,11,15,18-20,23-26,28-30H,7-8H2,1-2H3/t11-,15-,18-,19+,20-,23-/m1/s1. The lowest BCUT2D eigenvalue weighted by molar-refractivity contribution is -0.277. The van der Waals surface area contributed by atoms with Crippen LogP contribution >= 0.6 is 0 Å². The summed E-state index contributed by atoms with van der Waals surface area (Å²) in [6.45, 7) is -0.760. The van der Waals surface area contributed by atoms with E-state index in [1.165, 1.54) is 32.4 Å². The van der Waals surface area contributed by atoms with Crippen molar-refractivity contribution in [2.75, 3.05) is 27.4 Å². The molecule has 0 aromatic heterocycles. The van der Waals surface area contributed by atoms with Gasteiger partial charge in [-0.1, -0.05) is 6.07 Å². The summed E-state index contributed by atoms with van der Waals surface area (Å²) in [6, 6.07) is 5.27. The number of hydrogen-bond acceptors (Lipinski definition) is 12. The molecule has 190 valence electrons. The maximum atomic E-state index is 13.3. The lowest BCUT2D eigenvalue weighted by Crippen LogP contribution is -2.60. The summed E-state index contributed by atoms with van der Waals surface area (Å²) in [7, 11) is 2.71. The monoisotopic (exact) mass is 494 g/mol. The third kappa shape index (κ3) is 4.30. The Kier molecular flexibility index (Phi) is 6.92. The molecule has 2 aliphatic heterocycles. The van der Waals surface area contributed by atoms with Gasteiger partial charge in [-0.25, -0.2) is 0 Å². The number of fused-ring (bicyclic) bond motifs is 1. The summed E-state index contributed by atoms with van der Waals surface area (Å²) in [5.74, 6) is -1.84. The Bertz CT molecular complexity index is 1100. The molecule has 0 saturated carbocycles. The fourth-order valence-electron chi connectivity index (χ4n) is 4.21. The smallest absolute Gasteiger partial charge is 0.229 e. The molecule has 0 radical (unpaired) electrons. The number of aliphatic hydroxyl groups excluding tert-OH is 4. The van der Waals surface area contributed by atoms with E-state index >= 15 is 0 Å². The minimum absolute atomic E-state index is 0.00977. The van der Waals surface area contributed by atoms with Crippen LogP contribution in [0.25, 0.3) is 0 Å². The van der Waals surface area contributed by atoms with Crippen molar-refractivity contribution in [2.45, 2.75) is 36.6 Å². The number of Topliss-reactive ketones (excluding diaryl/α,β-unsaturated/α-hetero) is 1. The van der Waals surface area contributed by atoms with Crippen molar-refractivity contribution in [1.29, 1.82) is 0 Å². The topological polar surface area (TPSA) is 185 Å². The van der Waals surface area contributed by atoms with Gasteiger partial charge in [-0.3, -0.25) is 4.79 Å². The first-order valence-corrected chi connectivity index (χ1v) is 10.7. The van der Waals surface area contributed by atoms with E-state index in [1.54, 1.807) is 0 Å². The van der Waals surface area contributed by atoms with Crippen LogP contribution in [0.3, 0.4) is 0 Å². The predicted octanol–water partition coefficient (Wildman–Crippen LogP) is -0.347. The van der Waals surface area contributed by atoms with Gasteiger partial charge in [0.1, 0.15) is 53.8 Å². The van der Waals surface area contributed by atoms with Crippen molar-refractivity contribution in [2.24, 2.45) is 0 Å². The van der Waals surface area contributed by atoms with Crippen molar-refractivity contribution < 1.29 is 59.1 Å². The van der Waals surface area contributed by atoms with E-state index in [2.05, 4.69) is 0 Å². The normalized spacial score (nSPS) is 28.1. The fraction of sp³-hybridized carbons (Fsp3) is 0.435. The molecule has 0 amide bonds. The summed E-state index contributed by atoms with van der Waals surface area (Å²) in [5, 5.41) is 60.0. The molecule has 1 fully saturated rings. The van der Waals surface area contributed by atoms with E-state index < -0.39 is 54.8 Å². The Morgan fingerprint density at radius 2 is 1.69 bits per heavy atom. The van der Waals surface area contributed by atoms with Gasteiger partial charge in [0.2, 0.25) is 12.0 Å². The van der Waals surface area contributed by atoms with E-state index in [9.17, 15) is 35.4 Å². The van der Waals surface area contributed by atoms with Crippen molar-refractivity contribution in [3.63, 3.8) is 0 Å². The molecule has 0 bridgehead atoms. The Balaban J connectivity index is 1.62. The maximum absolute atomic E-state index is 13.3. The van der Waals surface area contributed by atoms with Crippen LogP contribution in [0.4, 0.5) is 0 Å². The number of aromatic hydroxyl groups is 2. The molecule has 4 rings (SSSR count). The molecule has 2 aliphatic rings. The van der Waals surface area contributed by atoms with Crippen molar-refractivity contribution in [3.8, 4) is 34.5 Å². The number of carbonyl (C=O) groups is 1. The van der Waals surface area contributed by atoms with Gasteiger partial charge in [-0.2, -0.15) is 0 Å². The molecule has 12 heteroatoms. The highest BCUT2D eigenvalue weighted by Gasteiger charge is 2.45. The van der Waals surface area contributed by atoms with Gasteiger partial charge < -0.3 is 54.3 Å². The summed E-state index contributed by atoms with van der Waals surface area (Å²) in [4.78, 5) is 13.3. The zero-order valence-electron chi connectivity index (χ0n) is 18.8. The Labute approximate surface area is 199 Å². The average Bonchev–Trinajstić information content (AvgIpc) is 2.84. The van der Waals surface area contributed by atoms with E-state index in [4.69, 9.17) is 23.7 Å². The summed E-state index contributed by atoms with van der Waals surface area (Å²) >= 11 is 0. The third-order valence-electron chi connectivity index (χ3n) is 6.03. The second-order valence-electron chi connectivity index (χ2n) is 8.10. The Morgan fingerprint density at radius 1 is 0.971 bits per heavy atom. The molecule has 1 saturated heterocycles. The summed E-state index contributed by atoms with van der Waals surface area (Å²) in [6.07, 6.45) is -7.52. The van der Waals surface area contributed by atoms with Crippen LogP contribution in [0.5, 0.6) is 34.5 Å². The lowest BCUT2D eigenvalue weighted by Gasteiger charge is -2.39. The third-order valence-corrected chi connectivity index (χ3v) is 6.03. The van der Waals surface area contributed by atoms with E-state index in [0.717, 1.165) is 6.07 Å². The largest absolute Gasteiger partial charge is 0.507 e.